The highest BCUT2D eigenvalue weighted by molar-refractivity contribution is 9.08. The molecule has 0 unspecified atom stereocenters. The van der Waals surface area contributed by atoms with Gasteiger partial charge in [-0.25, -0.2) is 0 Å². The third-order valence-corrected chi connectivity index (χ3v) is 3.50. The molecule has 98 valence electrons. The molecule has 5 heteroatoms. The highest BCUT2D eigenvalue weighted by Gasteiger charge is 2.14. The van der Waals surface area contributed by atoms with Crippen molar-refractivity contribution in [1.82, 2.24) is 0 Å². The monoisotopic (exact) mass is 330 g/mol. The number of para-hydroxylation sites is 1. The number of benzene rings is 1. The standard InChI is InChI=1S/C13H16BrClN2O/c1-18-9-8-17(7-3-6-16)13-11(10-14)4-2-5-12(13)15/h2,4-5H,3,7-10H2,1H3. The molecule has 0 radical (unpaired) electrons. The van der Waals surface area contributed by atoms with E-state index >= 15 is 0 Å². The molecule has 0 saturated heterocycles. The summed E-state index contributed by atoms with van der Waals surface area (Å²) in [4.78, 5) is 2.10. The first-order valence-electron chi connectivity index (χ1n) is 5.68. The lowest BCUT2D eigenvalue weighted by molar-refractivity contribution is 0.205. The number of anilines is 1. The molecule has 1 aromatic rings. The van der Waals surface area contributed by atoms with E-state index in [1.807, 2.05) is 18.2 Å². The first-order chi connectivity index (χ1) is 8.74. The summed E-state index contributed by atoms with van der Waals surface area (Å²) in [6, 6.07) is 8.00. The number of methoxy groups -OCH3 is 1. The number of nitrogens with zero attached hydrogens (tertiary/aromatic N) is 2. The fourth-order valence-corrected chi connectivity index (χ4v) is 2.51. The molecule has 0 bridgehead atoms. The Morgan fingerprint density at radius 1 is 1.44 bits per heavy atom. The molecule has 18 heavy (non-hydrogen) atoms. The van der Waals surface area contributed by atoms with Crippen LogP contribution >= 0.6 is 27.5 Å². The number of rotatable bonds is 7. The van der Waals surface area contributed by atoms with Gasteiger partial charge in [-0.1, -0.05) is 39.7 Å². The van der Waals surface area contributed by atoms with Gasteiger partial charge in [0, 0.05) is 25.5 Å². The molecule has 1 rings (SSSR count). The highest BCUT2D eigenvalue weighted by atomic mass is 79.9. The predicted molar refractivity (Wildman–Crippen MR) is 78.4 cm³/mol. The van der Waals surface area contributed by atoms with Gasteiger partial charge in [-0.3, -0.25) is 0 Å². The topological polar surface area (TPSA) is 36.3 Å². The van der Waals surface area contributed by atoms with Crippen LogP contribution in [-0.4, -0.2) is 26.8 Å². The maximum atomic E-state index is 8.73. The summed E-state index contributed by atoms with van der Waals surface area (Å²) in [7, 11) is 1.67. The van der Waals surface area contributed by atoms with Crippen LogP contribution in [0.3, 0.4) is 0 Å². The van der Waals surface area contributed by atoms with Crippen molar-refractivity contribution in [2.24, 2.45) is 0 Å². The van der Waals surface area contributed by atoms with E-state index in [1.54, 1.807) is 7.11 Å². The van der Waals surface area contributed by atoms with Gasteiger partial charge in [0.2, 0.25) is 0 Å². The molecular formula is C13H16BrClN2O. The smallest absolute Gasteiger partial charge is 0.0642 e. The Morgan fingerprint density at radius 2 is 2.22 bits per heavy atom. The lowest BCUT2D eigenvalue weighted by Crippen LogP contribution is -2.29. The van der Waals surface area contributed by atoms with Crippen molar-refractivity contribution in [1.29, 1.82) is 5.26 Å². The molecule has 0 heterocycles. The fraction of sp³-hybridized carbons (Fsp3) is 0.462. The van der Waals surface area contributed by atoms with Crippen molar-refractivity contribution in [2.45, 2.75) is 11.8 Å². The van der Waals surface area contributed by atoms with Gasteiger partial charge >= 0.3 is 0 Å². The third-order valence-electron chi connectivity index (χ3n) is 2.59. The Morgan fingerprint density at radius 3 is 2.83 bits per heavy atom. The molecule has 3 nitrogen and oxygen atoms in total. The lowest BCUT2D eigenvalue weighted by atomic mass is 10.1. The number of hydrogen-bond acceptors (Lipinski definition) is 3. The van der Waals surface area contributed by atoms with Gasteiger partial charge in [0.1, 0.15) is 0 Å². The Bertz CT molecular complexity index is 420. The molecule has 0 aliphatic carbocycles. The summed E-state index contributed by atoms with van der Waals surface area (Å²) >= 11 is 9.74. The number of alkyl halides is 1. The molecule has 0 N–H and O–H groups in total. The highest BCUT2D eigenvalue weighted by Crippen LogP contribution is 2.31. The summed E-state index contributed by atoms with van der Waals surface area (Å²) < 4.78 is 5.11. The van der Waals surface area contributed by atoms with Crippen LogP contribution in [0.15, 0.2) is 18.2 Å². The molecule has 0 atom stereocenters. The molecule has 0 spiro atoms. The lowest BCUT2D eigenvalue weighted by Gasteiger charge is -2.26. The minimum absolute atomic E-state index is 0.469. The second-order valence-electron chi connectivity index (χ2n) is 3.77. The van der Waals surface area contributed by atoms with Crippen LogP contribution in [0.2, 0.25) is 5.02 Å². The fourth-order valence-electron chi connectivity index (χ4n) is 1.74. The SMILES string of the molecule is COCCN(CCC#N)c1c(Cl)cccc1CBr. The molecule has 1 aromatic carbocycles. The van der Waals surface area contributed by atoms with Crippen LogP contribution in [0.4, 0.5) is 5.69 Å². The normalized spacial score (nSPS) is 10.1. The number of hydrogen-bond donors (Lipinski definition) is 0. The Balaban J connectivity index is 2.99. The molecule has 0 aliphatic rings. The van der Waals surface area contributed by atoms with Crippen molar-refractivity contribution in [3.05, 3.63) is 28.8 Å². The van der Waals surface area contributed by atoms with E-state index in [9.17, 15) is 0 Å². The molecule has 0 amide bonds. The van der Waals surface area contributed by atoms with Crippen LogP contribution in [0.5, 0.6) is 0 Å². The van der Waals surface area contributed by atoms with Crippen LogP contribution in [0.25, 0.3) is 0 Å². The van der Waals surface area contributed by atoms with Crippen LogP contribution in [0.1, 0.15) is 12.0 Å². The van der Waals surface area contributed by atoms with E-state index in [0.29, 0.717) is 24.6 Å². The Kier molecular flexibility index (Phi) is 7.11. The third kappa shape index (κ3) is 4.16. The zero-order valence-electron chi connectivity index (χ0n) is 10.3. The van der Waals surface area contributed by atoms with E-state index in [0.717, 1.165) is 23.1 Å². The first kappa shape index (κ1) is 15.3. The van der Waals surface area contributed by atoms with Gasteiger partial charge in [0.15, 0.2) is 0 Å². The average molecular weight is 332 g/mol. The largest absolute Gasteiger partial charge is 0.383 e. The molecule has 0 fully saturated rings. The molecule has 0 aliphatic heterocycles. The van der Waals surface area contributed by atoms with E-state index in [4.69, 9.17) is 21.6 Å². The summed E-state index contributed by atoms with van der Waals surface area (Å²) in [5.74, 6) is 0. The van der Waals surface area contributed by atoms with Crippen molar-refractivity contribution >= 4 is 33.2 Å². The maximum absolute atomic E-state index is 8.73. The Labute approximate surface area is 121 Å². The average Bonchev–Trinajstić information content (AvgIpc) is 2.39. The minimum atomic E-state index is 0.469. The Hall–Kier alpha value is -0.760. The summed E-state index contributed by atoms with van der Waals surface area (Å²) in [5.41, 5.74) is 2.11. The van der Waals surface area contributed by atoms with Gasteiger partial charge in [-0.2, -0.15) is 5.26 Å². The number of nitriles is 1. The minimum Gasteiger partial charge on any atom is -0.383 e. The van der Waals surface area contributed by atoms with Gasteiger partial charge in [0.05, 0.1) is 29.8 Å². The number of halogens is 2. The molecular weight excluding hydrogens is 316 g/mol. The summed E-state index contributed by atoms with van der Waals surface area (Å²) in [6.45, 7) is 1.99. The van der Waals surface area contributed by atoms with Crippen molar-refractivity contribution in [3.63, 3.8) is 0 Å². The van der Waals surface area contributed by atoms with Crippen molar-refractivity contribution in [2.75, 3.05) is 31.7 Å². The van der Waals surface area contributed by atoms with Crippen molar-refractivity contribution < 1.29 is 4.74 Å². The van der Waals surface area contributed by atoms with Gasteiger partial charge in [-0.05, 0) is 11.6 Å². The second-order valence-corrected chi connectivity index (χ2v) is 4.74. The van der Waals surface area contributed by atoms with Gasteiger partial charge in [0.25, 0.3) is 0 Å². The maximum Gasteiger partial charge on any atom is 0.0642 e. The quantitative estimate of drug-likeness (QED) is 0.716. The van der Waals surface area contributed by atoms with E-state index in [1.165, 1.54) is 0 Å². The summed E-state index contributed by atoms with van der Waals surface area (Å²) in [6.07, 6.45) is 0.469. The predicted octanol–water partition coefficient (Wildman–Crippen LogP) is 3.60. The zero-order chi connectivity index (χ0) is 13.4. The van der Waals surface area contributed by atoms with Crippen LogP contribution in [-0.2, 0) is 10.1 Å². The van der Waals surface area contributed by atoms with Gasteiger partial charge < -0.3 is 9.64 Å². The molecule has 0 aromatic heterocycles. The number of ether oxygens (including phenoxy) is 1. The second kappa shape index (κ2) is 8.36. The zero-order valence-corrected chi connectivity index (χ0v) is 12.7. The van der Waals surface area contributed by atoms with E-state index in [2.05, 4.69) is 26.9 Å². The van der Waals surface area contributed by atoms with Gasteiger partial charge in [-0.15, -0.1) is 0 Å². The molecule has 0 saturated carbocycles. The van der Waals surface area contributed by atoms with Crippen LogP contribution < -0.4 is 4.90 Å². The summed E-state index contributed by atoms with van der Waals surface area (Å²) in [5, 5.41) is 10.2. The first-order valence-corrected chi connectivity index (χ1v) is 7.18. The van der Waals surface area contributed by atoms with E-state index < -0.39 is 0 Å². The van der Waals surface area contributed by atoms with Crippen molar-refractivity contribution in [3.8, 4) is 6.07 Å². The van der Waals surface area contributed by atoms with Crippen LogP contribution in [0, 0.1) is 11.3 Å². The van der Waals surface area contributed by atoms with E-state index in [-0.39, 0.29) is 0 Å².